The number of nitrogens with zero attached hydrogens (tertiary/aromatic N) is 2. The molecule has 0 unspecified atom stereocenters. The summed E-state index contributed by atoms with van der Waals surface area (Å²) in [7, 11) is -2.70. The summed E-state index contributed by atoms with van der Waals surface area (Å²) in [6.07, 6.45) is 0.354. The highest BCUT2D eigenvalue weighted by Crippen LogP contribution is 2.28. The van der Waals surface area contributed by atoms with Gasteiger partial charge in [-0.3, -0.25) is 13.9 Å². The minimum absolute atomic E-state index is 0.0172. The van der Waals surface area contributed by atoms with Gasteiger partial charge in [-0.25, -0.2) is 8.42 Å². The number of nitrogens with one attached hydrogen (secondary N) is 1. The van der Waals surface area contributed by atoms with Crippen molar-refractivity contribution < 1.29 is 22.7 Å². The summed E-state index contributed by atoms with van der Waals surface area (Å²) in [5, 5.41) is 3.10. The Morgan fingerprint density at radius 3 is 2.24 bits per heavy atom. The summed E-state index contributed by atoms with van der Waals surface area (Å²) in [5.74, 6) is -0.327. The Morgan fingerprint density at radius 1 is 0.974 bits per heavy atom. The van der Waals surface area contributed by atoms with E-state index in [1.165, 1.54) is 42.3 Å². The van der Waals surface area contributed by atoms with Gasteiger partial charge in [0.15, 0.2) is 0 Å². The van der Waals surface area contributed by atoms with E-state index >= 15 is 0 Å². The third kappa shape index (κ3) is 7.05. The van der Waals surface area contributed by atoms with Crippen molar-refractivity contribution in [2.45, 2.75) is 37.8 Å². The van der Waals surface area contributed by atoms with Crippen LogP contribution < -0.4 is 14.4 Å². The lowest BCUT2D eigenvalue weighted by atomic mass is 10.1. The van der Waals surface area contributed by atoms with Crippen LogP contribution in [0.3, 0.4) is 0 Å². The van der Waals surface area contributed by atoms with Gasteiger partial charge in [0.1, 0.15) is 18.3 Å². The van der Waals surface area contributed by atoms with Crippen LogP contribution in [0.5, 0.6) is 5.75 Å². The molecular formula is C28H32ClN3O5S. The number of amides is 2. The molecule has 38 heavy (non-hydrogen) atoms. The van der Waals surface area contributed by atoms with Crippen molar-refractivity contribution in [3.8, 4) is 5.75 Å². The quantitative estimate of drug-likeness (QED) is 0.354. The third-order valence-corrected chi connectivity index (χ3v) is 7.98. The maximum atomic E-state index is 13.9. The van der Waals surface area contributed by atoms with Crippen molar-refractivity contribution >= 4 is 39.1 Å². The molecule has 0 bridgehead atoms. The van der Waals surface area contributed by atoms with E-state index in [1.807, 2.05) is 37.3 Å². The fourth-order valence-corrected chi connectivity index (χ4v) is 5.62. The largest absolute Gasteiger partial charge is 0.497 e. The van der Waals surface area contributed by atoms with Crippen LogP contribution >= 0.6 is 11.6 Å². The van der Waals surface area contributed by atoms with Gasteiger partial charge in [-0.1, -0.05) is 54.9 Å². The molecule has 0 aromatic heterocycles. The predicted octanol–water partition coefficient (Wildman–Crippen LogP) is 4.49. The van der Waals surface area contributed by atoms with Crippen LogP contribution in [0.15, 0.2) is 83.8 Å². The van der Waals surface area contributed by atoms with E-state index in [0.29, 0.717) is 23.7 Å². The predicted molar refractivity (Wildman–Crippen MR) is 149 cm³/mol. The lowest BCUT2D eigenvalue weighted by Crippen LogP contribution is -2.52. The van der Waals surface area contributed by atoms with E-state index in [2.05, 4.69) is 5.32 Å². The van der Waals surface area contributed by atoms with Crippen molar-refractivity contribution in [2.24, 2.45) is 0 Å². The molecule has 3 rings (SSSR count). The van der Waals surface area contributed by atoms with Gasteiger partial charge < -0.3 is 15.0 Å². The Labute approximate surface area is 229 Å². The third-order valence-electron chi connectivity index (χ3n) is 5.96. The van der Waals surface area contributed by atoms with Crippen LogP contribution in [0.2, 0.25) is 5.02 Å². The molecule has 1 N–H and O–H groups in total. The summed E-state index contributed by atoms with van der Waals surface area (Å²) in [6.45, 7) is 3.63. The molecule has 1 atom stereocenters. The van der Waals surface area contributed by atoms with E-state index < -0.39 is 28.5 Å². The van der Waals surface area contributed by atoms with Gasteiger partial charge in [-0.05, 0) is 61.4 Å². The second-order valence-corrected chi connectivity index (χ2v) is 10.8. The molecule has 8 nitrogen and oxygen atoms in total. The summed E-state index contributed by atoms with van der Waals surface area (Å²) in [6, 6.07) is 20.7. The van der Waals surface area contributed by atoms with Crippen LogP contribution in [0.1, 0.15) is 25.8 Å². The van der Waals surface area contributed by atoms with Crippen LogP contribution in [0.25, 0.3) is 0 Å². The number of carbonyl (C=O) groups is 2. The molecule has 202 valence electrons. The Balaban J connectivity index is 2.05. The number of benzene rings is 3. The number of ether oxygens (including phenoxy) is 1. The summed E-state index contributed by atoms with van der Waals surface area (Å²) >= 11 is 6.19. The zero-order valence-corrected chi connectivity index (χ0v) is 23.2. The molecule has 0 aliphatic heterocycles. The van der Waals surface area contributed by atoms with Crippen molar-refractivity contribution in [1.82, 2.24) is 10.2 Å². The van der Waals surface area contributed by atoms with E-state index in [0.717, 1.165) is 9.87 Å². The van der Waals surface area contributed by atoms with E-state index in [1.54, 1.807) is 25.1 Å². The molecule has 3 aromatic rings. The van der Waals surface area contributed by atoms with Crippen molar-refractivity contribution in [3.63, 3.8) is 0 Å². The second kappa shape index (κ2) is 13.3. The molecule has 0 aliphatic rings. The first kappa shape index (κ1) is 29.0. The van der Waals surface area contributed by atoms with Crippen LogP contribution in [0, 0.1) is 0 Å². The van der Waals surface area contributed by atoms with Gasteiger partial charge in [0.05, 0.1) is 17.7 Å². The Kier molecular flexibility index (Phi) is 10.2. The van der Waals surface area contributed by atoms with E-state index in [4.69, 9.17) is 16.3 Å². The lowest BCUT2D eigenvalue weighted by Gasteiger charge is -2.33. The molecule has 0 radical (unpaired) electrons. The summed E-state index contributed by atoms with van der Waals surface area (Å²) < 4.78 is 33.8. The second-order valence-electron chi connectivity index (χ2n) is 8.49. The number of likely N-dealkylation sites (N-methyl/N-ethyl adjacent to an activating group) is 1. The highest BCUT2D eigenvalue weighted by molar-refractivity contribution is 7.92. The van der Waals surface area contributed by atoms with Gasteiger partial charge in [0.2, 0.25) is 11.8 Å². The molecule has 3 aromatic carbocycles. The molecule has 0 fully saturated rings. The standard InChI is InChI=1S/C28H32ClN3O5S/c1-4-26(28(34)30-5-2)31(19-21-10-7-6-8-11-21)27(33)20-32(23-13-9-12-22(29)18-23)38(35,36)25-16-14-24(37-3)15-17-25/h6-18,26H,4-5,19-20H2,1-3H3,(H,30,34)/t26-/m1/s1. The molecule has 0 spiro atoms. The molecular weight excluding hydrogens is 526 g/mol. The summed E-state index contributed by atoms with van der Waals surface area (Å²) in [4.78, 5) is 28.2. The SMILES string of the molecule is CCNC(=O)[C@@H](CC)N(Cc1ccccc1)C(=O)CN(c1cccc(Cl)c1)S(=O)(=O)c1ccc(OC)cc1. The highest BCUT2D eigenvalue weighted by atomic mass is 35.5. The average Bonchev–Trinajstić information content (AvgIpc) is 2.92. The smallest absolute Gasteiger partial charge is 0.264 e. The van der Waals surface area contributed by atoms with Crippen LogP contribution in [-0.2, 0) is 26.2 Å². The number of hydrogen-bond donors (Lipinski definition) is 1. The van der Waals surface area contributed by atoms with Gasteiger partial charge in [-0.2, -0.15) is 0 Å². The Hall–Kier alpha value is -3.56. The zero-order chi connectivity index (χ0) is 27.7. The minimum atomic E-state index is -4.19. The molecule has 0 saturated heterocycles. The van der Waals surface area contributed by atoms with Crippen LogP contribution in [-0.4, -0.2) is 51.4 Å². The Morgan fingerprint density at radius 2 is 1.66 bits per heavy atom. The Bertz CT molecular complexity index is 1330. The molecule has 2 amide bonds. The normalized spacial score (nSPS) is 11.9. The first-order valence-electron chi connectivity index (χ1n) is 12.2. The van der Waals surface area contributed by atoms with E-state index in [9.17, 15) is 18.0 Å². The number of halogens is 1. The average molecular weight is 558 g/mol. The lowest BCUT2D eigenvalue weighted by molar-refractivity contribution is -0.140. The number of rotatable bonds is 12. The minimum Gasteiger partial charge on any atom is -0.497 e. The van der Waals surface area contributed by atoms with Crippen LogP contribution in [0.4, 0.5) is 5.69 Å². The first-order valence-corrected chi connectivity index (χ1v) is 14.1. The number of sulfonamides is 1. The maximum Gasteiger partial charge on any atom is 0.264 e. The molecule has 0 saturated carbocycles. The monoisotopic (exact) mass is 557 g/mol. The maximum absolute atomic E-state index is 13.9. The highest BCUT2D eigenvalue weighted by Gasteiger charge is 2.33. The molecule has 0 aliphatic carbocycles. The van der Waals surface area contributed by atoms with Gasteiger partial charge >= 0.3 is 0 Å². The van der Waals surface area contributed by atoms with E-state index in [-0.39, 0.29) is 23.0 Å². The molecule has 0 heterocycles. The van der Waals surface area contributed by atoms with Crippen molar-refractivity contribution in [2.75, 3.05) is 24.5 Å². The topological polar surface area (TPSA) is 96.0 Å². The number of anilines is 1. The van der Waals surface area contributed by atoms with Crippen molar-refractivity contribution in [1.29, 1.82) is 0 Å². The van der Waals surface area contributed by atoms with Crippen molar-refractivity contribution in [3.05, 3.63) is 89.4 Å². The zero-order valence-electron chi connectivity index (χ0n) is 21.6. The number of hydrogen-bond acceptors (Lipinski definition) is 5. The fourth-order valence-electron chi connectivity index (χ4n) is 4.03. The van der Waals surface area contributed by atoms with Gasteiger partial charge in [-0.15, -0.1) is 0 Å². The van der Waals surface area contributed by atoms with Gasteiger partial charge in [0.25, 0.3) is 10.0 Å². The number of methoxy groups -OCH3 is 1. The van der Waals surface area contributed by atoms with Gasteiger partial charge in [0, 0.05) is 18.1 Å². The first-order chi connectivity index (χ1) is 18.2. The fraction of sp³-hybridized carbons (Fsp3) is 0.286. The number of carbonyl (C=O) groups excluding carboxylic acids is 2. The summed E-state index contributed by atoms with van der Waals surface area (Å²) in [5.41, 5.74) is 1.04. The molecule has 10 heteroatoms.